The first-order valence-electron chi connectivity index (χ1n) is 9.27. The Morgan fingerprint density at radius 3 is 2.38 bits per heavy atom. The zero-order valence-corrected chi connectivity index (χ0v) is 16.5. The van der Waals surface area contributed by atoms with Crippen molar-refractivity contribution in [3.8, 4) is 0 Å². The lowest BCUT2D eigenvalue weighted by atomic mass is 9.86. The highest BCUT2D eigenvalue weighted by Gasteiger charge is 2.28. The summed E-state index contributed by atoms with van der Waals surface area (Å²) in [7, 11) is 1.72. The molecule has 3 rings (SSSR count). The third kappa shape index (κ3) is 4.64. The maximum Gasteiger partial charge on any atom is 0.127 e. The highest BCUT2D eigenvalue weighted by Crippen LogP contribution is 2.34. The monoisotopic (exact) mass is 375 g/mol. The van der Waals surface area contributed by atoms with Gasteiger partial charge in [-0.15, -0.1) is 0 Å². The molecule has 1 atom stereocenters. The molecule has 0 amide bonds. The van der Waals surface area contributed by atoms with E-state index >= 15 is 0 Å². The van der Waals surface area contributed by atoms with E-state index in [9.17, 15) is 4.39 Å². The van der Waals surface area contributed by atoms with Gasteiger partial charge in [0.2, 0.25) is 0 Å². The number of benzene rings is 2. The van der Waals surface area contributed by atoms with E-state index in [1.165, 1.54) is 35.6 Å². The molecule has 0 spiro atoms. The standard InChI is InChI=1S/C22H27ClFNO/c1-15-6-4-7-16(2)22(15)18(14-25(26-3)13-17-10-11-17)12-19-20(23)8-5-9-21(19)24/h4-9,17-18H,10-14H2,1-3H3. The lowest BCUT2D eigenvalue weighted by molar-refractivity contribution is -0.137. The molecule has 0 heterocycles. The van der Waals surface area contributed by atoms with Crippen molar-refractivity contribution in [1.29, 1.82) is 0 Å². The Morgan fingerprint density at radius 2 is 1.81 bits per heavy atom. The Kier molecular flexibility index (Phi) is 6.33. The number of nitrogens with zero attached hydrogens (tertiary/aromatic N) is 1. The van der Waals surface area contributed by atoms with E-state index < -0.39 is 0 Å². The minimum Gasteiger partial charge on any atom is -0.302 e. The van der Waals surface area contributed by atoms with Gasteiger partial charge in [0, 0.05) is 29.6 Å². The average Bonchev–Trinajstić information content (AvgIpc) is 3.41. The summed E-state index contributed by atoms with van der Waals surface area (Å²) in [6.07, 6.45) is 3.10. The van der Waals surface area contributed by atoms with Gasteiger partial charge in [0.1, 0.15) is 5.82 Å². The van der Waals surface area contributed by atoms with Crippen LogP contribution >= 0.6 is 11.6 Å². The van der Waals surface area contributed by atoms with Crippen LogP contribution in [0.4, 0.5) is 4.39 Å². The fourth-order valence-corrected chi connectivity index (χ4v) is 4.00. The van der Waals surface area contributed by atoms with Gasteiger partial charge in [-0.2, -0.15) is 5.06 Å². The van der Waals surface area contributed by atoms with E-state index in [0.717, 1.165) is 19.0 Å². The molecule has 4 heteroatoms. The molecule has 0 bridgehead atoms. The third-order valence-corrected chi connectivity index (χ3v) is 5.66. The van der Waals surface area contributed by atoms with Crippen LogP contribution in [0.3, 0.4) is 0 Å². The van der Waals surface area contributed by atoms with Gasteiger partial charge in [0.15, 0.2) is 0 Å². The molecule has 1 unspecified atom stereocenters. The fourth-order valence-electron chi connectivity index (χ4n) is 3.76. The van der Waals surface area contributed by atoms with E-state index in [1.807, 2.05) is 5.06 Å². The second-order valence-electron chi connectivity index (χ2n) is 7.38. The van der Waals surface area contributed by atoms with E-state index in [4.69, 9.17) is 16.4 Å². The summed E-state index contributed by atoms with van der Waals surface area (Å²) in [6, 6.07) is 11.2. The second-order valence-corrected chi connectivity index (χ2v) is 7.79. The molecule has 0 N–H and O–H groups in total. The molecule has 2 aromatic carbocycles. The van der Waals surface area contributed by atoms with Gasteiger partial charge < -0.3 is 4.84 Å². The number of aryl methyl sites for hydroxylation is 2. The Hall–Kier alpha value is -1.42. The molecule has 1 aliphatic carbocycles. The van der Waals surface area contributed by atoms with Crippen LogP contribution in [-0.4, -0.2) is 25.3 Å². The van der Waals surface area contributed by atoms with Crippen molar-refractivity contribution in [2.24, 2.45) is 5.92 Å². The molecule has 26 heavy (non-hydrogen) atoms. The van der Waals surface area contributed by atoms with Crippen molar-refractivity contribution in [1.82, 2.24) is 5.06 Å². The summed E-state index contributed by atoms with van der Waals surface area (Å²) in [4.78, 5) is 5.64. The number of hydrogen-bond acceptors (Lipinski definition) is 2. The average molecular weight is 376 g/mol. The Balaban J connectivity index is 1.92. The molecule has 1 saturated carbocycles. The van der Waals surface area contributed by atoms with Gasteiger partial charge in [0.25, 0.3) is 0 Å². The number of halogens is 2. The maximum atomic E-state index is 14.4. The van der Waals surface area contributed by atoms with Crippen molar-refractivity contribution >= 4 is 11.6 Å². The topological polar surface area (TPSA) is 12.5 Å². The summed E-state index contributed by atoms with van der Waals surface area (Å²) in [5.41, 5.74) is 4.31. The molecule has 1 fully saturated rings. The first-order valence-corrected chi connectivity index (χ1v) is 9.65. The second kappa shape index (κ2) is 8.51. The lowest BCUT2D eigenvalue weighted by Crippen LogP contribution is -2.31. The summed E-state index contributed by atoms with van der Waals surface area (Å²) in [5, 5.41) is 2.52. The third-order valence-electron chi connectivity index (χ3n) is 5.30. The molecular weight excluding hydrogens is 349 g/mol. The molecule has 1 aliphatic rings. The minimum atomic E-state index is -0.236. The van der Waals surface area contributed by atoms with Crippen LogP contribution in [-0.2, 0) is 11.3 Å². The molecule has 2 nitrogen and oxygen atoms in total. The van der Waals surface area contributed by atoms with E-state index in [2.05, 4.69) is 32.0 Å². The highest BCUT2D eigenvalue weighted by molar-refractivity contribution is 6.31. The lowest BCUT2D eigenvalue weighted by Gasteiger charge is -2.28. The van der Waals surface area contributed by atoms with Crippen molar-refractivity contribution < 1.29 is 9.23 Å². The summed E-state index contributed by atoms with van der Waals surface area (Å²) in [5.74, 6) is 0.606. The van der Waals surface area contributed by atoms with E-state index in [0.29, 0.717) is 17.0 Å². The quantitative estimate of drug-likeness (QED) is 0.549. The van der Waals surface area contributed by atoms with Crippen LogP contribution in [0.5, 0.6) is 0 Å². The fraction of sp³-hybridized carbons (Fsp3) is 0.455. The van der Waals surface area contributed by atoms with Gasteiger partial charge >= 0.3 is 0 Å². The van der Waals surface area contributed by atoms with E-state index in [1.54, 1.807) is 19.2 Å². The van der Waals surface area contributed by atoms with Crippen molar-refractivity contribution in [3.05, 3.63) is 69.5 Å². The minimum absolute atomic E-state index is 0.115. The zero-order valence-electron chi connectivity index (χ0n) is 15.8. The zero-order chi connectivity index (χ0) is 18.7. The molecule has 2 aromatic rings. The summed E-state index contributed by atoms with van der Waals surface area (Å²) >= 11 is 6.32. The highest BCUT2D eigenvalue weighted by atomic mass is 35.5. The van der Waals surface area contributed by atoms with Gasteiger partial charge in [-0.1, -0.05) is 35.9 Å². The van der Waals surface area contributed by atoms with Gasteiger partial charge in [0.05, 0.1) is 7.11 Å². The molecule has 0 aromatic heterocycles. The largest absolute Gasteiger partial charge is 0.302 e. The maximum absolute atomic E-state index is 14.4. The Morgan fingerprint density at radius 1 is 1.15 bits per heavy atom. The van der Waals surface area contributed by atoms with Gasteiger partial charge in [-0.25, -0.2) is 4.39 Å². The number of hydroxylamine groups is 2. The molecule has 0 saturated heterocycles. The van der Waals surface area contributed by atoms with Gasteiger partial charge in [-0.05, 0) is 67.9 Å². The Labute approximate surface area is 160 Å². The van der Waals surface area contributed by atoms with Crippen molar-refractivity contribution in [2.75, 3.05) is 20.2 Å². The summed E-state index contributed by atoms with van der Waals surface area (Å²) in [6.45, 7) is 5.90. The van der Waals surface area contributed by atoms with Crippen LogP contribution in [0.15, 0.2) is 36.4 Å². The SMILES string of the molecule is CON(CC1CC1)CC(Cc1c(F)cccc1Cl)c1c(C)cccc1C. The molecule has 140 valence electrons. The van der Waals surface area contributed by atoms with Gasteiger partial charge in [-0.3, -0.25) is 0 Å². The first kappa shape index (κ1) is 19.3. The van der Waals surface area contributed by atoms with E-state index in [-0.39, 0.29) is 11.7 Å². The molecule has 0 radical (unpaired) electrons. The number of hydrogen-bond donors (Lipinski definition) is 0. The van der Waals surface area contributed by atoms with Crippen LogP contribution < -0.4 is 0 Å². The van der Waals surface area contributed by atoms with Crippen LogP contribution in [0.1, 0.15) is 41.0 Å². The first-order chi connectivity index (χ1) is 12.5. The normalized spacial score (nSPS) is 15.5. The van der Waals surface area contributed by atoms with Crippen LogP contribution in [0.25, 0.3) is 0 Å². The van der Waals surface area contributed by atoms with Crippen LogP contribution in [0.2, 0.25) is 5.02 Å². The predicted octanol–water partition coefficient (Wildman–Crippen LogP) is 5.70. The van der Waals surface area contributed by atoms with Crippen LogP contribution in [0, 0.1) is 25.6 Å². The van der Waals surface area contributed by atoms with Crippen molar-refractivity contribution in [2.45, 2.75) is 39.0 Å². The van der Waals surface area contributed by atoms with Crippen molar-refractivity contribution in [3.63, 3.8) is 0 Å². The Bertz CT molecular complexity index is 719. The number of rotatable bonds is 8. The summed E-state index contributed by atoms with van der Waals surface area (Å²) < 4.78 is 14.4. The molecular formula is C22H27ClFNO. The smallest absolute Gasteiger partial charge is 0.127 e. The molecule has 0 aliphatic heterocycles. The predicted molar refractivity (Wildman–Crippen MR) is 105 cm³/mol.